The van der Waals surface area contributed by atoms with Crippen molar-refractivity contribution in [2.24, 2.45) is 11.7 Å². The molecule has 0 aliphatic carbocycles. The minimum atomic E-state index is -0.980. The Morgan fingerprint density at radius 1 is 1.50 bits per heavy atom. The summed E-state index contributed by atoms with van der Waals surface area (Å²) < 4.78 is 0. The molecule has 3 atom stereocenters. The molecule has 1 heterocycles. The van der Waals surface area contributed by atoms with Crippen molar-refractivity contribution in [3.05, 3.63) is 0 Å². The van der Waals surface area contributed by atoms with Crippen LogP contribution in [0, 0.1) is 5.92 Å². The third-order valence-electron chi connectivity index (χ3n) is 3.16. The molecule has 104 valence electrons. The van der Waals surface area contributed by atoms with E-state index in [1.807, 2.05) is 13.8 Å². The van der Waals surface area contributed by atoms with Gasteiger partial charge in [0.15, 0.2) is 0 Å². The Bertz CT molecular complexity index is 304. The number of amides is 1. The van der Waals surface area contributed by atoms with E-state index in [2.05, 4.69) is 5.32 Å². The number of aliphatic carboxylic acids is 1. The van der Waals surface area contributed by atoms with Crippen LogP contribution in [0.5, 0.6) is 0 Å². The van der Waals surface area contributed by atoms with E-state index in [9.17, 15) is 9.59 Å². The van der Waals surface area contributed by atoms with Gasteiger partial charge >= 0.3 is 5.97 Å². The lowest BCUT2D eigenvalue weighted by Crippen LogP contribution is -2.50. The molecule has 0 spiro atoms. The predicted molar refractivity (Wildman–Crippen MR) is 72.5 cm³/mol. The maximum atomic E-state index is 11.8. The van der Waals surface area contributed by atoms with Gasteiger partial charge in [-0.1, -0.05) is 13.8 Å². The van der Waals surface area contributed by atoms with Gasteiger partial charge in [-0.15, -0.1) is 0 Å². The smallest absolute Gasteiger partial charge is 0.326 e. The van der Waals surface area contributed by atoms with Gasteiger partial charge in [0.25, 0.3) is 0 Å². The molecule has 1 aliphatic heterocycles. The maximum Gasteiger partial charge on any atom is 0.326 e. The third-order valence-corrected chi connectivity index (χ3v) is 4.58. The van der Waals surface area contributed by atoms with Crippen LogP contribution in [0.25, 0.3) is 0 Å². The Balaban J connectivity index is 2.51. The standard InChI is InChI=1S/C12H22N2O3S/c1-7(2)10(13)11(15)14-9(12(16)17)6-8-4-3-5-18-8/h7-10H,3-6,13H2,1-2H3,(H,14,15)(H,16,17)/t8-,9?,10+/m1/s1. The highest BCUT2D eigenvalue weighted by Crippen LogP contribution is 2.29. The van der Waals surface area contributed by atoms with Crippen LogP contribution in [-0.2, 0) is 9.59 Å². The minimum Gasteiger partial charge on any atom is -0.480 e. The molecule has 1 fully saturated rings. The SMILES string of the molecule is CC(C)[C@H](N)C(=O)NC(C[C@H]1CCCS1)C(=O)O. The molecule has 0 aromatic rings. The van der Waals surface area contributed by atoms with Crippen LogP contribution in [0.2, 0.25) is 0 Å². The molecule has 0 aromatic carbocycles. The van der Waals surface area contributed by atoms with Gasteiger partial charge in [0.1, 0.15) is 6.04 Å². The van der Waals surface area contributed by atoms with Crippen molar-refractivity contribution < 1.29 is 14.7 Å². The van der Waals surface area contributed by atoms with Crippen molar-refractivity contribution in [3.8, 4) is 0 Å². The topological polar surface area (TPSA) is 92.4 Å². The molecule has 1 amide bonds. The normalized spacial score (nSPS) is 22.8. The number of hydrogen-bond donors (Lipinski definition) is 3. The number of thioether (sulfide) groups is 1. The summed E-state index contributed by atoms with van der Waals surface area (Å²) in [6, 6.07) is -1.47. The van der Waals surface area contributed by atoms with Crippen LogP contribution in [-0.4, -0.2) is 40.1 Å². The predicted octanol–water partition coefficient (Wildman–Crippen LogP) is 0.825. The molecule has 0 saturated carbocycles. The lowest BCUT2D eigenvalue weighted by Gasteiger charge is -2.21. The minimum absolute atomic E-state index is 0.000278. The summed E-state index contributed by atoms with van der Waals surface area (Å²) >= 11 is 1.78. The van der Waals surface area contributed by atoms with E-state index in [4.69, 9.17) is 10.8 Å². The van der Waals surface area contributed by atoms with Crippen LogP contribution in [0.3, 0.4) is 0 Å². The Labute approximate surface area is 112 Å². The summed E-state index contributed by atoms with van der Waals surface area (Å²) in [7, 11) is 0. The van der Waals surface area contributed by atoms with E-state index >= 15 is 0 Å². The number of carbonyl (C=O) groups excluding carboxylic acids is 1. The largest absolute Gasteiger partial charge is 0.480 e. The van der Waals surface area contributed by atoms with Gasteiger partial charge < -0.3 is 16.2 Å². The van der Waals surface area contributed by atoms with E-state index < -0.39 is 18.1 Å². The van der Waals surface area contributed by atoms with Crippen molar-refractivity contribution in [1.82, 2.24) is 5.32 Å². The second-order valence-corrected chi connectivity index (χ2v) is 6.45. The molecule has 18 heavy (non-hydrogen) atoms. The Morgan fingerprint density at radius 3 is 2.61 bits per heavy atom. The first-order valence-corrected chi connectivity index (χ1v) is 7.37. The Kier molecular flexibility index (Phi) is 5.95. The zero-order valence-corrected chi connectivity index (χ0v) is 11.7. The fraction of sp³-hybridized carbons (Fsp3) is 0.833. The first-order chi connectivity index (χ1) is 8.41. The van der Waals surface area contributed by atoms with Crippen LogP contribution in [0.4, 0.5) is 0 Å². The fourth-order valence-electron chi connectivity index (χ4n) is 1.89. The van der Waals surface area contributed by atoms with Crippen molar-refractivity contribution in [3.63, 3.8) is 0 Å². The number of carboxylic acids is 1. The van der Waals surface area contributed by atoms with E-state index in [1.54, 1.807) is 11.8 Å². The molecule has 1 aliphatic rings. The number of hydrogen-bond acceptors (Lipinski definition) is 4. The van der Waals surface area contributed by atoms with Crippen LogP contribution >= 0.6 is 11.8 Å². The highest BCUT2D eigenvalue weighted by atomic mass is 32.2. The summed E-state index contributed by atoms with van der Waals surface area (Å²) in [6.07, 6.45) is 2.64. The Hall–Kier alpha value is -0.750. The van der Waals surface area contributed by atoms with Crippen molar-refractivity contribution >= 4 is 23.6 Å². The monoisotopic (exact) mass is 274 g/mol. The number of rotatable bonds is 6. The van der Waals surface area contributed by atoms with Crippen LogP contribution in [0.1, 0.15) is 33.1 Å². The lowest BCUT2D eigenvalue weighted by atomic mass is 10.0. The summed E-state index contributed by atoms with van der Waals surface area (Å²) in [5.74, 6) is -0.274. The van der Waals surface area contributed by atoms with Crippen LogP contribution in [0.15, 0.2) is 0 Å². The molecule has 0 aromatic heterocycles. The van der Waals surface area contributed by atoms with Gasteiger partial charge in [-0.2, -0.15) is 11.8 Å². The van der Waals surface area contributed by atoms with Gasteiger partial charge in [0.05, 0.1) is 6.04 Å². The zero-order valence-electron chi connectivity index (χ0n) is 10.9. The third kappa shape index (κ3) is 4.49. The van der Waals surface area contributed by atoms with E-state index in [0.29, 0.717) is 11.7 Å². The highest BCUT2D eigenvalue weighted by Gasteiger charge is 2.28. The zero-order chi connectivity index (χ0) is 13.7. The maximum absolute atomic E-state index is 11.8. The molecule has 5 nitrogen and oxygen atoms in total. The molecular weight excluding hydrogens is 252 g/mol. The van der Waals surface area contributed by atoms with Crippen molar-refractivity contribution in [2.75, 3.05) is 5.75 Å². The van der Waals surface area contributed by atoms with E-state index in [-0.39, 0.29) is 11.8 Å². The molecule has 1 rings (SSSR count). The van der Waals surface area contributed by atoms with Gasteiger partial charge in [-0.3, -0.25) is 4.79 Å². The molecule has 4 N–H and O–H groups in total. The molecular formula is C12H22N2O3S. The number of nitrogens with one attached hydrogen (secondary N) is 1. The van der Waals surface area contributed by atoms with E-state index in [0.717, 1.165) is 18.6 Å². The van der Waals surface area contributed by atoms with Gasteiger partial charge in [-0.05, 0) is 30.9 Å². The summed E-state index contributed by atoms with van der Waals surface area (Å²) in [6.45, 7) is 3.68. The van der Waals surface area contributed by atoms with Gasteiger partial charge in [0, 0.05) is 5.25 Å². The van der Waals surface area contributed by atoms with E-state index in [1.165, 1.54) is 0 Å². The summed E-state index contributed by atoms with van der Waals surface area (Å²) in [4.78, 5) is 22.9. The average molecular weight is 274 g/mol. The van der Waals surface area contributed by atoms with Crippen molar-refractivity contribution in [2.45, 2.75) is 50.4 Å². The lowest BCUT2D eigenvalue weighted by molar-refractivity contribution is -0.142. The first-order valence-electron chi connectivity index (χ1n) is 6.32. The van der Waals surface area contributed by atoms with Crippen LogP contribution < -0.4 is 11.1 Å². The van der Waals surface area contributed by atoms with Gasteiger partial charge in [0.2, 0.25) is 5.91 Å². The highest BCUT2D eigenvalue weighted by molar-refractivity contribution is 8.00. The number of carboxylic acid groups (broad SMARTS) is 1. The Morgan fingerprint density at radius 2 is 2.17 bits per heavy atom. The number of nitrogens with two attached hydrogens (primary N) is 1. The summed E-state index contributed by atoms with van der Waals surface area (Å²) in [5.41, 5.74) is 5.71. The molecule has 1 saturated heterocycles. The summed E-state index contributed by atoms with van der Waals surface area (Å²) in [5, 5.41) is 12.0. The first kappa shape index (κ1) is 15.3. The molecule has 6 heteroatoms. The fourth-order valence-corrected chi connectivity index (χ4v) is 3.21. The number of carbonyl (C=O) groups is 2. The van der Waals surface area contributed by atoms with Crippen molar-refractivity contribution in [1.29, 1.82) is 0 Å². The second kappa shape index (κ2) is 6.99. The molecule has 0 radical (unpaired) electrons. The van der Waals surface area contributed by atoms with Gasteiger partial charge in [-0.25, -0.2) is 4.79 Å². The molecule has 1 unspecified atom stereocenters. The average Bonchev–Trinajstić information content (AvgIpc) is 2.79. The quantitative estimate of drug-likeness (QED) is 0.667. The molecule has 0 bridgehead atoms. The second-order valence-electron chi connectivity index (χ2n) is 5.04.